The van der Waals surface area contributed by atoms with E-state index in [1.165, 1.54) is 6.92 Å². The molecule has 0 unspecified atom stereocenters. The molecule has 2 heterocycles. The van der Waals surface area contributed by atoms with Gasteiger partial charge in [-0.2, -0.15) is 4.31 Å². The van der Waals surface area contributed by atoms with Gasteiger partial charge in [0.25, 0.3) is 5.56 Å². The highest BCUT2D eigenvalue weighted by Crippen LogP contribution is 2.23. The van der Waals surface area contributed by atoms with Crippen LogP contribution in [0.2, 0.25) is 0 Å². The summed E-state index contributed by atoms with van der Waals surface area (Å²) >= 11 is 0. The van der Waals surface area contributed by atoms with E-state index in [2.05, 4.69) is 10.3 Å². The number of piperidine rings is 1. The van der Waals surface area contributed by atoms with Gasteiger partial charge in [-0.25, -0.2) is 13.2 Å². The Hall–Kier alpha value is -1.94. The molecule has 1 saturated heterocycles. The maximum Gasteiger partial charge on any atom is 0.325 e. The van der Waals surface area contributed by atoms with Crippen LogP contribution in [0.4, 0.5) is 0 Å². The monoisotopic (exact) mass is 358 g/mol. The molecule has 0 saturated carbocycles. The number of H-pyrrole nitrogens is 2. The van der Waals surface area contributed by atoms with Crippen LogP contribution in [0.5, 0.6) is 0 Å². The smallest absolute Gasteiger partial charge is 0.325 e. The molecular formula is C14H22N4O5S. The number of carbonyl (C=O) groups is 1. The minimum Gasteiger partial charge on any atom is -0.354 e. The molecule has 1 aliphatic heterocycles. The summed E-state index contributed by atoms with van der Waals surface area (Å²) in [5.41, 5.74) is -1.73. The maximum absolute atomic E-state index is 12.8. The first-order valence-electron chi connectivity index (χ1n) is 7.76. The van der Waals surface area contributed by atoms with Crippen molar-refractivity contribution in [1.29, 1.82) is 0 Å². The summed E-state index contributed by atoms with van der Waals surface area (Å²) < 4.78 is 26.7. The lowest BCUT2D eigenvalue weighted by Gasteiger charge is -2.31. The third-order valence-electron chi connectivity index (χ3n) is 3.86. The van der Waals surface area contributed by atoms with Crippen LogP contribution in [0.3, 0.4) is 0 Å². The topological polar surface area (TPSA) is 132 Å². The van der Waals surface area contributed by atoms with Crippen molar-refractivity contribution in [3.63, 3.8) is 0 Å². The van der Waals surface area contributed by atoms with E-state index in [0.717, 1.165) is 4.31 Å². The zero-order chi connectivity index (χ0) is 18.1. The average molecular weight is 358 g/mol. The first-order valence-corrected chi connectivity index (χ1v) is 9.20. The van der Waals surface area contributed by atoms with Crippen molar-refractivity contribution in [2.24, 2.45) is 5.92 Å². The molecule has 1 aliphatic rings. The first kappa shape index (κ1) is 18.4. The molecule has 1 amide bonds. The van der Waals surface area contributed by atoms with Crippen molar-refractivity contribution >= 4 is 15.9 Å². The molecule has 0 spiro atoms. The van der Waals surface area contributed by atoms with Crippen molar-refractivity contribution in [3.05, 3.63) is 26.5 Å². The molecule has 24 heavy (non-hydrogen) atoms. The molecule has 1 fully saturated rings. The summed E-state index contributed by atoms with van der Waals surface area (Å²) in [6.07, 6.45) is 1.11. The van der Waals surface area contributed by atoms with Crippen molar-refractivity contribution in [2.75, 3.05) is 13.1 Å². The van der Waals surface area contributed by atoms with E-state index >= 15 is 0 Å². The first-order chi connectivity index (χ1) is 11.1. The van der Waals surface area contributed by atoms with E-state index in [9.17, 15) is 22.8 Å². The van der Waals surface area contributed by atoms with Gasteiger partial charge in [-0.1, -0.05) is 0 Å². The summed E-state index contributed by atoms with van der Waals surface area (Å²) in [5.74, 6) is -0.657. The molecule has 10 heteroatoms. The molecule has 0 radical (unpaired) electrons. The minimum atomic E-state index is -4.10. The van der Waals surface area contributed by atoms with Gasteiger partial charge in [0.1, 0.15) is 0 Å². The number of rotatable bonds is 4. The number of hydrogen-bond donors (Lipinski definition) is 3. The number of sulfonamides is 1. The Labute approximate surface area is 139 Å². The van der Waals surface area contributed by atoms with Crippen LogP contribution in [-0.2, 0) is 14.8 Å². The summed E-state index contributed by atoms with van der Waals surface area (Å²) in [5, 5.41) is 2.78. The zero-order valence-corrected chi connectivity index (χ0v) is 14.7. The third-order valence-corrected chi connectivity index (χ3v) is 5.88. The lowest BCUT2D eigenvalue weighted by molar-refractivity contribution is -0.126. The molecule has 1 atom stereocenters. The molecule has 3 N–H and O–H groups in total. The fourth-order valence-electron chi connectivity index (χ4n) is 2.81. The van der Waals surface area contributed by atoms with Crippen molar-refractivity contribution in [3.8, 4) is 0 Å². The van der Waals surface area contributed by atoms with E-state index in [1.807, 2.05) is 18.8 Å². The number of aromatic amines is 2. The number of carbonyl (C=O) groups excluding carboxylic acids is 1. The van der Waals surface area contributed by atoms with Gasteiger partial charge in [-0.05, 0) is 33.6 Å². The van der Waals surface area contributed by atoms with E-state index in [0.29, 0.717) is 12.8 Å². The molecule has 0 aromatic carbocycles. The van der Waals surface area contributed by atoms with E-state index in [4.69, 9.17) is 0 Å². The number of nitrogens with zero attached hydrogens (tertiary/aromatic N) is 1. The standard InChI is InChI=1S/C14H22N4O5S/c1-8(2)15-12(19)10-5-4-6-18(7-10)24(22,23)11-9(3)16-14(21)17-13(11)20/h8,10H,4-7H2,1-3H3,(H,15,19)(H2,16,17,20,21)/t10-/m0/s1. The molecule has 1 aromatic heterocycles. The molecule has 1 aromatic rings. The molecule has 0 aliphatic carbocycles. The molecule has 9 nitrogen and oxygen atoms in total. The Morgan fingerprint density at radius 1 is 1.29 bits per heavy atom. The lowest BCUT2D eigenvalue weighted by Crippen LogP contribution is -2.48. The highest BCUT2D eigenvalue weighted by atomic mass is 32.2. The Morgan fingerprint density at radius 3 is 2.54 bits per heavy atom. The maximum atomic E-state index is 12.8. The van der Waals surface area contributed by atoms with Crippen LogP contribution in [-0.4, -0.2) is 47.7 Å². The van der Waals surface area contributed by atoms with Crippen LogP contribution in [0, 0.1) is 12.8 Å². The summed E-state index contributed by atoms with van der Waals surface area (Å²) in [6.45, 7) is 5.26. The number of amides is 1. The average Bonchev–Trinajstić information content (AvgIpc) is 2.45. The van der Waals surface area contributed by atoms with Gasteiger partial charge in [0.15, 0.2) is 4.90 Å². The predicted molar refractivity (Wildman–Crippen MR) is 87.2 cm³/mol. The molecule has 0 bridgehead atoms. The molecule has 134 valence electrons. The predicted octanol–water partition coefficient (Wildman–Crippen LogP) is -0.703. The highest BCUT2D eigenvalue weighted by molar-refractivity contribution is 7.89. The van der Waals surface area contributed by atoms with Crippen molar-refractivity contribution < 1.29 is 13.2 Å². The van der Waals surface area contributed by atoms with Gasteiger partial charge < -0.3 is 10.3 Å². The minimum absolute atomic E-state index is 0.0128. The van der Waals surface area contributed by atoms with Crippen LogP contribution < -0.4 is 16.6 Å². The largest absolute Gasteiger partial charge is 0.354 e. The van der Waals surface area contributed by atoms with Gasteiger partial charge in [0, 0.05) is 24.8 Å². The fourth-order valence-corrected chi connectivity index (χ4v) is 4.53. The van der Waals surface area contributed by atoms with Crippen molar-refractivity contribution in [1.82, 2.24) is 19.6 Å². The summed E-state index contributed by atoms with van der Waals surface area (Å²) in [4.78, 5) is 39.1. The number of aromatic nitrogens is 2. The molecule has 2 rings (SSSR count). The van der Waals surface area contributed by atoms with Gasteiger partial charge >= 0.3 is 5.69 Å². The van der Waals surface area contributed by atoms with Gasteiger partial charge in [0.05, 0.1) is 5.92 Å². The number of hydrogen-bond acceptors (Lipinski definition) is 5. The Morgan fingerprint density at radius 2 is 1.96 bits per heavy atom. The summed E-state index contributed by atoms with van der Waals surface area (Å²) in [6, 6.07) is -0.0335. The second kappa shape index (κ2) is 6.89. The molecular weight excluding hydrogens is 336 g/mol. The van der Waals surface area contributed by atoms with Gasteiger partial charge in [-0.3, -0.25) is 14.6 Å². The Bertz CT molecular complexity index is 839. The Kier molecular flexibility index (Phi) is 5.29. The Balaban J connectivity index is 2.32. The SMILES string of the molecule is Cc1[nH]c(=O)[nH]c(=O)c1S(=O)(=O)N1CCC[C@H](C(=O)NC(C)C)C1. The van der Waals surface area contributed by atoms with Crippen LogP contribution >= 0.6 is 0 Å². The van der Waals surface area contributed by atoms with E-state index in [-0.39, 0.29) is 30.7 Å². The third kappa shape index (κ3) is 3.75. The number of nitrogens with one attached hydrogen (secondary N) is 3. The normalized spacial score (nSPS) is 19.4. The summed E-state index contributed by atoms with van der Waals surface area (Å²) in [7, 11) is -4.10. The fraction of sp³-hybridized carbons (Fsp3) is 0.643. The number of aryl methyl sites for hydroxylation is 1. The van der Waals surface area contributed by atoms with Crippen molar-refractivity contribution in [2.45, 2.75) is 44.6 Å². The quantitative estimate of drug-likeness (QED) is 0.654. The zero-order valence-electron chi connectivity index (χ0n) is 13.9. The van der Waals surface area contributed by atoms with E-state index < -0.39 is 32.1 Å². The van der Waals surface area contributed by atoms with Crippen LogP contribution in [0.1, 0.15) is 32.4 Å². The lowest BCUT2D eigenvalue weighted by atomic mass is 9.98. The van der Waals surface area contributed by atoms with Crippen LogP contribution in [0.15, 0.2) is 14.5 Å². The highest BCUT2D eigenvalue weighted by Gasteiger charge is 2.35. The van der Waals surface area contributed by atoms with Gasteiger partial charge in [0.2, 0.25) is 15.9 Å². The second-order valence-corrected chi connectivity index (χ2v) is 8.10. The van der Waals surface area contributed by atoms with Crippen LogP contribution in [0.25, 0.3) is 0 Å². The van der Waals surface area contributed by atoms with E-state index in [1.54, 1.807) is 0 Å². The van der Waals surface area contributed by atoms with Gasteiger partial charge in [-0.15, -0.1) is 0 Å². The second-order valence-electron chi connectivity index (χ2n) is 6.23.